The van der Waals surface area contributed by atoms with Crippen LogP contribution < -0.4 is 16.3 Å². The van der Waals surface area contributed by atoms with E-state index in [1.165, 1.54) is 24.0 Å². The van der Waals surface area contributed by atoms with Crippen molar-refractivity contribution in [2.45, 2.75) is 6.42 Å². The van der Waals surface area contributed by atoms with Crippen LogP contribution in [0.1, 0.15) is 16.8 Å². The zero-order valence-electron chi connectivity index (χ0n) is 9.36. The van der Waals surface area contributed by atoms with Crippen LogP contribution in [0.4, 0.5) is 0 Å². The van der Waals surface area contributed by atoms with Crippen molar-refractivity contribution in [3.63, 3.8) is 0 Å². The van der Waals surface area contributed by atoms with Gasteiger partial charge in [0.05, 0.1) is 5.56 Å². The molecule has 1 aliphatic rings. The van der Waals surface area contributed by atoms with Gasteiger partial charge in [0, 0.05) is 19.2 Å². The number of hydrogen-bond acceptors (Lipinski definition) is 4. The van der Waals surface area contributed by atoms with Crippen LogP contribution in [-0.4, -0.2) is 25.5 Å². The number of amides is 1. The molecule has 0 atom stereocenters. The molecule has 2 rings (SSSR count). The third kappa shape index (κ3) is 3.29. The first-order valence-corrected chi connectivity index (χ1v) is 5.51. The van der Waals surface area contributed by atoms with Crippen LogP contribution in [0, 0.1) is 0 Å². The maximum absolute atomic E-state index is 11.7. The van der Waals surface area contributed by atoms with Crippen molar-refractivity contribution in [2.24, 2.45) is 0 Å². The number of carbonyl (C=O) groups excluding carboxylic acids is 1. The number of hydrogen-bond donors (Lipinski definition) is 2. The van der Waals surface area contributed by atoms with E-state index in [0.717, 1.165) is 19.5 Å². The maximum Gasteiger partial charge on any atom is 0.335 e. The number of carbonyl (C=O) groups is 1. The number of nitrogens with one attached hydrogen (secondary N) is 2. The highest BCUT2D eigenvalue weighted by Crippen LogP contribution is 2.03. The van der Waals surface area contributed by atoms with Crippen LogP contribution in [0.25, 0.3) is 0 Å². The van der Waals surface area contributed by atoms with Crippen LogP contribution in [0.3, 0.4) is 0 Å². The average Bonchev–Trinajstić information content (AvgIpc) is 2.38. The molecule has 0 fully saturated rings. The van der Waals surface area contributed by atoms with Gasteiger partial charge in [-0.15, -0.1) is 0 Å². The molecule has 90 valence electrons. The lowest BCUT2D eigenvalue weighted by molar-refractivity contribution is 0.0954. The molecule has 5 heteroatoms. The summed E-state index contributed by atoms with van der Waals surface area (Å²) in [5.74, 6) is -0.229. The molecule has 0 saturated heterocycles. The van der Waals surface area contributed by atoms with Gasteiger partial charge in [0.2, 0.25) is 0 Å². The van der Waals surface area contributed by atoms with Crippen LogP contribution in [-0.2, 0) is 0 Å². The minimum atomic E-state index is -0.456. The van der Waals surface area contributed by atoms with Gasteiger partial charge < -0.3 is 15.1 Å². The molecule has 5 nitrogen and oxygen atoms in total. The zero-order valence-corrected chi connectivity index (χ0v) is 9.36. The van der Waals surface area contributed by atoms with Crippen LogP contribution in [0.5, 0.6) is 0 Å². The van der Waals surface area contributed by atoms with E-state index in [-0.39, 0.29) is 5.91 Å². The van der Waals surface area contributed by atoms with Crippen molar-refractivity contribution in [2.75, 3.05) is 19.6 Å². The summed E-state index contributed by atoms with van der Waals surface area (Å²) in [6.45, 7) is 2.34. The third-order valence-corrected chi connectivity index (χ3v) is 2.60. The van der Waals surface area contributed by atoms with E-state index >= 15 is 0 Å². The molecule has 2 N–H and O–H groups in total. The largest absolute Gasteiger partial charge is 0.430 e. The Morgan fingerprint density at radius 1 is 1.47 bits per heavy atom. The van der Waals surface area contributed by atoms with Crippen LogP contribution in [0.2, 0.25) is 0 Å². The lowest BCUT2D eigenvalue weighted by Gasteiger charge is -2.14. The highest BCUT2D eigenvalue weighted by molar-refractivity contribution is 5.93. The lowest BCUT2D eigenvalue weighted by atomic mass is 10.1. The van der Waals surface area contributed by atoms with E-state index in [1.807, 2.05) is 0 Å². The quantitative estimate of drug-likeness (QED) is 0.737. The summed E-state index contributed by atoms with van der Waals surface area (Å²) in [6, 6.07) is 2.69. The molecule has 1 amide bonds. The smallest absolute Gasteiger partial charge is 0.335 e. The standard InChI is InChI=1S/C12H14N2O3/c15-11-2-1-10(8-17-11)12(16)14-7-9-3-5-13-6-4-9/h1-3,8,13H,4-7H2,(H,14,16). The van der Waals surface area contributed by atoms with Crippen molar-refractivity contribution in [1.82, 2.24) is 10.6 Å². The topological polar surface area (TPSA) is 71.3 Å². The van der Waals surface area contributed by atoms with Gasteiger partial charge in [0.15, 0.2) is 0 Å². The second-order valence-corrected chi connectivity index (χ2v) is 3.84. The minimum Gasteiger partial charge on any atom is -0.430 e. The Balaban J connectivity index is 1.91. The highest BCUT2D eigenvalue weighted by Gasteiger charge is 2.08. The normalized spacial score (nSPS) is 15.2. The molecule has 0 saturated carbocycles. The van der Waals surface area contributed by atoms with E-state index in [2.05, 4.69) is 21.1 Å². The molecule has 1 aromatic rings. The Hall–Kier alpha value is -1.88. The molecule has 17 heavy (non-hydrogen) atoms. The zero-order chi connectivity index (χ0) is 12.1. The minimum absolute atomic E-state index is 0.229. The Labute approximate surface area is 98.5 Å². The summed E-state index contributed by atoms with van der Waals surface area (Å²) in [5, 5.41) is 5.99. The van der Waals surface area contributed by atoms with E-state index in [0.29, 0.717) is 12.1 Å². The van der Waals surface area contributed by atoms with E-state index < -0.39 is 5.63 Å². The monoisotopic (exact) mass is 234 g/mol. The van der Waals surface area contributed by atoms with E-state index in [9.17, 15) is 9.59 Å². The molecule has 0 bridgehead atoms. The van der Waals surface area contributed by atoms with Gasteiger partial charge in [-0.1, -0.05) is 11.6 Å². The molecule has 2 heterocycles. The summed E-state index contributed by atoms with van der Waals surface area (Å²) >= 11 is 0. The van der Waals surface area contributed by atoms with Gasteiger partial charge in [-0.25, -0.2) is 4.79 Å². The van der Waals surface area contributed by atoms with Gasteiger partial charge in [-0.05, 0) is 19.0 Å². The number of rotatable bonds is 3. The molecule has 0 unspecified atom stereocenters. The lowest BCUT2D eigenvalue weighted by Crippen LogP contribution is -2.29. The Morgan fingerprint density at radius 3 is 3.00 bits per heavy atom. The molecule has 0 spiro atoms. The fourth-order valence-corrected chi connectivity index (χ4v) is 1.61. The first-order chi connectivity index (χ1) is 8.25. The Morgan fingerprint density at radius 2 is 2.35 bits per heavy atom. The Bertz CT molecular complexity index is 470. The fourth-order valence-electron chi connectivity index (χ4n) is 1.61. The Kier molecular flexibility index (Phi) is 3.72. The van der Waals surface area contributed by atoms with E-state index in [4.69, 9.17) is 0 Å². The third-order valence-electron chi connectivity index (χ3n) is 2.60. The van der Waals surface area contributed by atoms with Crippen molar-refractivity contribution >= 4 is 5.91 Å². The molecule has 0 aliphatic carbocycles. The predicted octanol–water partition coefficient (Wildman–Crippen LogP) is 0.289. The van der Waals surface area contributed by atoms with Crippen molar-refractivity contribution in [3.8, 4) is 0 Å². The SMILES string of the molecule is O=C(NCC1=CCNCC1)c1ccc(=O)oc1. The van der Waals surface area contributed by atoms with Gasteiger partial charge >= 0.3 is 5.63 Å². The molecule has 0 radical (unpaired) electrons. The summed E-state index contributed by atoms with van der Waals surface area (Å²) in [6.07, 6.45) is 4.20. The summed E-state index contributed by atoms with van der Waals surface area (Å²) < 4.78 is 4.63. The highest BCUT2D eigenvalue weighted by atomic mass is 16.4. The van der Waals surface area contributed by atoms with Gasteiger partial charge in [-0.3, -0.25) is 4.79 Å². The van der Waals surface area contributed by atoms with Gasteiger partial charge in [0.1, 0.15) is 6.26 Å². The maximum atomic E-state index is 11.7. The molecule has 0 aromatic carbocycles. The first kappa shape index (κ1) is 11.6. The van der Waals surface area contributed by atoms with Crippen molar-refractivity contribution in [1.29, 1.82) is 0 Å². The molecule has 1 aliphatic heterocycles. The molecular formula is C12H14N2O3. The average molecular weight is 234 g/mol. The van der Waals surface area contributed by atoms with Crippen molar-refractivity contribution < 1.29 is 9.21 Å². The molecule has 1 aromatic heterocycles. The van der Waals surface area contributed by atoms with E-state index in [1.54, 1.807) is 0 Å². The summed E-state index contributed by atoms with van der Waals surface area (Å²) in [5.41, 5.74) is 1.12. The second kappa shape index (κ2) is 5.45. The summed E-state index contributed by atoms with van der Waals surface area (Å²) in [7, 11) is 0. The summed E-state index contributed by atoms with van der Waals surface area (Å²) in [4.78, 5) is 22.4. The molecular weight excluding hydrogens is 220 g/mol. The van der Waals surface area contributed by atoms with Crippen molar-refractivity contribution in [3.05, 3.63) is 46.0 Å². The predicted molar refractivity (Wildman–Crippen MR) is 62.9 cm³/mol. The van der Waals surface area contributed by atoms with Crippen LogP contribution >= 0.6 is 0 Å². The van der Waals surface area contributed by atoms with Gasteiger partial charge in [-0.2, -0.15) is 0 Å². The first-order valence-electron chi connectivity index (χ1n) is 5.51. The second-order valence-electron chi connectivity index (χ2n) is 3.84. The van der Waals surface area contributed by atoms with Gasteiger partial charge in [0.25, 0.3) is 5.91 Å². The van der Waals surface area contributed by atoms with Crippen LogP contribution in [0.15, 0.2) is 39.3 Å². The fraction of sp³-hybridized carbons (Fsp3) is 0.333.